The Morgan fingerprint density at radius 3 is 2.88 bits per heavy atom. The summed E-state index contributed by atoms with van der Waals surface area (Å²) in [6, 6.07) is 14.2. The molecule has 0 bridgehead atoms. The maximum atomic E-state index is 12.4. The van der Waals surface area contributed by atoms with Gasteiger partial charge in [0.05, 0.1) is 5.52 Å². The molecule has 1 aliphatic rings. The lowest BCUT2D eigenvalue weighted by Crippen LogP contribution is -2.37. The Labute approximate surface area is 152 Å². The lowest BCUT2D eigenvalue weighted by molar-refractivity contribution is 0.0947. The summed E-state index contributed by atoms with van der Waals surface area (Å²) in [5.74, 6) is -0.0599. The van der Waals surface area contributed by atoms with Crippen LogP contribution < -0.4 is 5.32 Å². The molecule has 2 aromatic carbocycles. The van der Waals surface area contributed by atoms with Gasteiger partial charge in [0.25, 0.3) is 5.91 Å². The third kappa shape index (κ3) is 3.32. The third-order valence-corrected chi connectivity index (χ3v) is 5.00. The average molecular weight is 349 g/mol. The van der Waals surface area contributed by atoms with Crippen LogP contribution in [0, 0.1) is 0 Å². The predicted octanol–water partition coefficient (Wildman–Crippen LogP) is 2.24. The monoisotopic (exact) mass is 349 g/mol. The molecule has 1 amide bonds. The molecule has 0 radical (unpaired) electrons. The number of nitrogens with zero attached hydrogens (tertiary/aromatic N) is 4. The highest BCUT2D eigenvalue weighted by Gasteiger charge is 2.16. The second kappa shape index (κ2) is 7.25. The van der Waals surface area contributed by atoms with Crippen LogP contribution in [0.4, 0.5) is 0 Å². The first-order valence-electron chi connectivity index (χ1n) is 9.15. The number of aromatic nitrogens is 3. The zero-order chi connectivity index (χ0) is 17.9. The van der Waals surface area contributed by atoms with Gasteiger partial charge in [0.15, 0.2) is 0 Å². The first-order chi connectivity index (χ1) is 12.7. The van der Waals surface area contributed by atoms with Gasteiger partial charge >= 0.3 is 0 Å². The zero-order valence-electron chi connectivity index (χ0n) is 15.0. The summed E-state index contributed by atoms with van der Waals surface area (Å²) in [4.78, 5) is 14.8. The number of amides is 1. The van der Waals surface area contributed by atoms with Crippen molar-refractivity contribution in [2.45, 2.75) is 26.4 Å². The molecular formula is C20H23N5O. The molecule has 3 aromatic rings. The van der Waals surface area contributed by atoms with Crippen LogP contribution in [-0.4, -0.2) is 45.4 Å². The number of fused-ring (bicyclic) bond motifs is 2. The molecule has 1 aromatic heterocycles. The van der Waals surface area contributed by atoms with Gasteiger partial charge in [-0.15, -0.1) is 5.10 Å². The first-order valence-corrected chi connectivity index (χ1v) is 9.15. The largest absolute Gasteiger partial charge is 0.351 e. The van der Waals surface area contributed by atoms with E-state index in [2.05, 4.69) is 44.8 Å². The van der Waals surface area contributed by atoms with Gasteiger partial charge in [-0.3, -0.25) is 9.69 Å². The quantitative estimate of drug-likeness (QED) is 0.767. The molecule has 0 unspecified atom stereocenters. The minimum atomic E-state index is -0.0599. The van der Waals surface area contributed by atoms with Crippen LogP contribution in [0.2, 0.25) is 0 Å². The third-order valence-electron chi connectivity index (χ3n) is 5.00. The van der Waals surface area contributed by atoms with Crippen LogP contribution in [0.1, 0.15) is 28.4 Å². The molecule has 2 heterocycles. The van der Waals surface area contributed by atoms with Gasteiger partial charge in [-0.1, -0.05) is 29.5 Å². The maximum absolute atomic E-state index is 12.4. The van der Waals surface area contributed by atoms with Crippen molar-refractivity contribution in [1.29, 1.82) is 0 Å². The van der Waals surface area contributed by atoms with Crippen LogP contribution >= 0.6 is 0 Å². The molecule has 6 heteroatoms. The van der Waals surface area contributed by atoms with Crippen LogP contribution in [0.15, 0.2) is 42.5 Å². The molecule has 4 rings (SSSR count). The molecule has 0 saturated carbocycles. The second-order valence-corrected chi connectivity index (χ2v) is 6.66. The maximum Gasteiger partial charge on any atom is 0.251 e. The highest BCUT2D eigenvalue weighted by molar-refractivity contribution is 5.97. The van der Waals surface area contributed by atoms with E-state index in [0.717, 1.165) is 43.6 Å². The van der Waals surface area contributed by atoms with Crippen molar-refractivity contribution in [3.05, 3.63) is 59.2 Å². The topological polar surface area (TPSA) is 63.1 Å². The Bertz CT molecular complexity index is 933. The minimum Gasteiger partial charge on any atom is -0.351 e. The molecular weight excluding hydrogens is 326 g/mol. The molecule has 26 heavy (non-hydrogen) atoms. The van der Waals surface area contributed by atoms with Crippen molar-refractivity contribution < 1.29 is 4.79 Å². The van der Waals surface area contributed by atoms with Crippen LogP contribution in [0.25, 0.3) is 11.0 Å². The smallest absolute Gasteiger partial charge is 0.251 e. The van der Waals surface area contributed by atoms with E-state index in [-0.39, 0.29) is 5.91 Å². The first kappa shape index (κ1) is 16.7. The summed E-state index contributed by atoms with van der Waals surface area (Å²) in [5.41, 5.74) is 5.18. The van der Waals surface area contributed by atoms with Gasteiger partial charge in [0.2, 0.25) is 0 Å². The normalized spacial score (nSPS) is 14.3. The summed E-state index contributed by atoms with van der Waals surface area (Å²) in [6.07, 6.45) is 1.08. The van der Waals surface area contributed by atoms with Crippen molar-refractivity contribution >= 4 is 16.9 Å². The molecule has 0 aliphatic carbocycles. The number of hydrogen-bond donors (Lipinski definition) is 1. The van der Waals surface area contributed by atoms with E-state index in [9.17, 15) is 4.79 Å². The Morgan fingerprint density at radius 2 is 2.04 bits per heavy atom. The Kier molecular flexibility index (Phi) is 4.67. The predicted molar refractivity (Wildman–Crippen MR) is 101 cm³/mol. The van der Waals surface area contributed by atoms with E-state index >= 15 is 0 Å². The standard InChI is InChI=1S/C20H23N5O/c1-2-25-19-8-7-16(13-18(19)22-23-25)20(26)21-10-12-24-11-9-15-5-3-4-6-17(15)14-24/h3-8,13H,2,9-12,14H2,1H3,(H,21,26). The number of rotatable bonds is 5. The van der Waals surface area contributed by atoms with E-state index in [4.69, 9.17) is 0 Å². The van der Waals surface area contributed by atoms with Gasteiger partial charge in [-0.2, -0.15) is 0 Å². The molecule has 1 aliphatic heterocycles. The van der Waals surface area contributed by atoms with Crippen molar-refractivity contribution in [2.75, 3.05) is 19.6 Å². The van der Waals surface area contributed by atoms with Crippen LogP contribution in [-0.2, 0) is 19.5 Å². The number of nitrogens with one attached hydrogen (secondary N) is 1. The highest BCUT2D eigenvalue weighted by Crippen LogP contribution is 2.18. The number of aryl methyl sites for hydroxylation is 1. The van der Waals surface area contributed by atoms with E-state index in [1.54, 1.807) is 6.07 Å². The van der Waals surface area contributed by atoms with E-state index in [0.29, 0.717) is 12.1 Å². The number of carbonyl (C=O) groups is 1. The summed E-state index contributed by atoms with van der Waals surface area (Å²) in [6.45, 7) is 6.28. The SMILES string of the molecule is CCn1nnc2cc(C(=O)NCCN3CCc4ccccc4C3)ccc21. The van der Waals surface area contributed by atoms with Crippen molar-refractivity contribution in [2.24, 2.45) is 0 Å². The summed E-state index contributed by atoms with van der Waals surface area (Å²) < 4.78 is 1.82. The van der Waals surface area contributed by atoms with Crippen LogP contribution in [0.3, 0.4) is 0 Å². The van der Waals surface area contributed by atoms with E-state index in [1.807, 2.05) is 23.7 Å². The van der Waals surface area contributed by atoms with E-state index < -0.39 is 0 Å². The minimum absolute atomic E-state index is 0.0599. The van der Waals surface area contributed by atoms with Gasteiger partial charge < -0.3 is 5.32 Å². The molecule has 0 atom stereocenters. The van der Waals surface area contributed by atoms with Crippen molar-refractivity contribution in [3.63, 3.8) is 0 Å². The average Bonchev–Trinajstić information content (AvgIpc) is 3.10. The number of hydrogen-bond acceptors (Lipinski definition) is 4. The van der Waals surface area contributed by atoms with E-state index in [1.165, 1.54) is 11.1 Å². The molecule has 0 saturated heterocycles. The van der Waals surface area contributed by atoms with Gasteiger partial charge in [-0.25, -0.2) is 4.68 Å². The van der Waals surface area contributed by atoms with Crippen molar-refractivity contribution in [1.82, 2.24) is 25.2 Å². The lowest BCUT2D eigenvalue weighted by Gasteiger charge is -2.28. The Hall–Kier alpha value is -2.73. The highest BCUT2D eigenvalue weighted by atomic mass is 16.1. The Morgan fingerprint density at radius 1 is 1.19 bits per heavy atom. The van der Waals surface area contributed by atoms with Crippen LogP contribution in [0.5, 0.6) is 0 Å². The molecule has 134 valence electrons. The van der Waals surface area contributed by atoms with Gasteiger partial charge in [0, 0.05) is 38.3 Å². The summed E-state index contributed by atoms with van der Waals surface area (Å²) in [5, 5.41) is 11.2. The fourth-order valence-electron chi connectivity index (χ4n) is 3.52. The fourth-order valence-corrected chi connectivity index (χ4v) is 3.52. The molecule has 6 nitrogen and oxygen atoms in total. The van der Waals surface area contributed by atoms with Gasteiger partial charge in [0.1, 0.15) is 5.52 Å². The summed E-state index contributed by atoms with van der Waals surface area (Å²) in [7, 11) is 0. The number of carbonyl (C=O) groups excluding carboxylic acids is 1. The molecule has 1 N–H and O–H groups in total. The zero-order valence-corrected chi connectivity index (χ0v) is 15.0. The number of benzene rings is 2. The fraction of sp³-hybridized carbons (Fsp3) is 0.350. The molecule has 0 spiro atoms. The summed E-state index contributed by atoms with van der Waals surface area (Å²) >= 11 is 0. The molecule has 0 fully saturated rings. The lowest BCUT2D eigenvalue weighted by atomic mass is 10.00. The van der Waals surface area contributed by atoms with Gasteiger partial charge in [-0.05, 0) is 42.7 Å². The Balaban J connectivity index is 1.33. The second-order valence-electron chi connectivity index (χ2n) is 6.66. The van der Waals surface area contributed by atoms with Crippen molar-refractivity contribution in [3.8, 4) is 0 Å².